The molecular weight excluding hydrogens is 250 g/mol. The first-order chi connectivity index (χ1) is 8.39. The van der Waals surface area contributed by atoms with E-state index < -0.39 is 9.84 Å². The topological polar surface area (TPSA) is 52.6 Å². The molecule has 0 saturated carbocycles. The van der Waals surface area contributed by atoms with Gasteiger partial charge in [0.05, 0.1) is 5.75 Å². The van der Waals surface area contributed by atoms with E-state index in [1.807, 2.05) is 11.9 Å². The quantitative estimate of drug-likeness (QED) is 0.535. The Morgan fingerprint density at radius 3 is 2.06 bits per heavy atom. The zero-order chi connectivity index (χ0) is 14.0. The van der Waals surface area contributed by atoms with E-state index in [1.54, 1.807) is 0 Å². The molecule has 0 aromatic heterocycles. The van der Waals surface area contributed by atoms with Crippen LogP contribution in [0.5, 0.6) is 0 Å². The molecular formula is C12H29N3O2S. The molecule has 0 heterocycles. The summed E-state index contributed by atoms with van der Waals surface area (Å²) in [6.07, 6.45) is 1.28. The van der Waals surface area contributed by atoms with Gasteiger partial charge in [-0.3, -0.25) is 0 Å². The maximum absolute atomic E-state index is 11.0. The van der Waals surface area contributed by atoms with Crippen molar-refractivity contribution in [3.63, 3.8) is 0 Å². The van der Waals surface area contributed by atoms with Gasteiger partial charge in [0.2, 0.25) is 0 Å². The lowest BCUT2D eigenvalue weighted by atomic mass is 10.4. The summed E-state index contributed by atoms with van der Waals surface area (Å²) >= 11 is 0. The molecule has 18 heavy (non-hydrogen) atoms. The number of nitrogens with zero attached hydrogens (tertiary/aromatic N) is 2. The minimum atomic E-state index is -2.84. The first-order valence-electron chi connectivity index (χ1n) is 6.68. The highest BCUT2D eigenvalue weighted by molar-refractivity contribution is 7.90. The Kier molecular flexibility index (Phi) is 9.63. The second-order valence-corrected chi connectivity index (χ2v) is 6.97. The van der Waals surface area contributed by atoms with Crippen LogP contribution >= 0.6 is 0 Å². The molecule has 0 radical (unpaired) electrons. The summed E-state index contributed by atoms with van der Waals surface area (Å²) in [6.45, 7) is 11.0. The van der Waals surface area contributed by atoms with Gasteiger partial charge < -0.3 is 15.1 Å². The highest BCUT2D eigenvalue weighted by Gasteiger charge is 2.05. The monoisotopic (exact) mass is 279 g/mol. The minimum Gasteiger partial charge on any atom is -0.314 e. The Morgan fingerprint density at radius 1 is 1.00 bits per heavy atom. The van der Waals surface area contributed by atoms with Gasteiger partial charge in [-0.15, -0.1) is 0 Å². The van der Waals surface area contributed by atoms with E-state index in [0.29, 0.717) is 6.54 Å². The largest absolute Gasteiger partial charge is 0.314 e. The molecule has 5 nitrogen and oxygen atoms in total. The lowest BCUT2D eigenvalue weighted by Gasteiger charge is -2.19. The number of nitrogens with one attached hydrogen (secondary N) is 1. The molecule has 0 aliphatic rings. The van der Waals surface area contributed by atoms with Gasteiger partial charge in [0.1, 0.15) is 9.84 Å². The van der Waals surface area contributed by atoms with Crippen LogP contribution < -0.4 is 5.32 Å². The van der Waals surface area contributed by atoms with Crippen molar-refractivity contribution in [1.29, 1.82) is 0 Å². The van der Waals surface area contributed by atoms with Crippen LogP contribution in [0.3, 0.4) is 0 Å². The van der Waals surface area contributed by atoms with Crippen LogP contribution in [0.1, 0.15) is 13.8 Å². The molecule has 0 rings (SSSR count). The van der Waals surface area contributed by atoms with E-state index in [1.165, 1.54) is 6.26 Å². The molecule has 6 heteroatoms. The third kappa shape index (κ3) is 11.0. The van der Waals surface area contributed by atoms with E-state index in [-0.39, 0.29) is 5.75 Å². The summed E-state index contributed by atoms with van der Waals surface area (Å²) in [5, 5.41) is 3.38. The van der Waals surface area contributed by atoms with Crippen molar-refractivity contribution in [2.24, 2.45) is 0 Å². The van der Waals surface area contributed by atoms with Crippen LogP contribution in [-0.4, -0.2) is 83.1 Å². The second-order valence-electron chi connectivity index (χ2n) is 4.71. The highest BCUT2D eigenvalue weighted by Crippen LogP contribution is 1.87. The summed E-state index contributed by atoms with van der Waals surface area (Å²) in [7, 11) is -0.886. The molecule has 0 bridgehead atoms. The van der Waals surface area contributed by atoms with E-state index >= 15 is 0 Å². The van der Waals surface area contributed by atoms with Crippen LogP contribution in [0.15, 0.2) is 0 Å². The molecule has 110 valence electrons. The van der Waals surface area contributed by atoms with Crippen molar-refractivity contribution >= 4 is 9.84 Å². The molecule has 0 aliphatic carbocycles. The molecule has 0 unspecified atom stereocenters. The molecule has 0 atom stereocenters. The standard InChI is InChI=1S/C12H29N3O2S/c1-5-15(6-2)10-8-13-7-9-14(3)11-12-18(4,16)17/h13H,5-12H2,1-4H3. The Morgan fingerprint density at radius 2 is 1.56 bits per heavy atom. The fraction of sp³-hybridized carbons (Fsp3) is 1.00. The fourth-order valence-corrected chi connectivity index (χ4v) is 2.25. The maximum atomic E-state index is 11.0. The molecule has 0 aliphatic heterocycles. The van der Waals surface area contributed by atoms with Gasteiger partial charge in [-0.1, -0.05) is 13.8 Å². The van der Waals surface area contributed by atoms with Gasteiger partial charge in [0.25, 0.3) is 0 Å². The maximum Gasteiger partial charge on any atom is 0.148 e. The molecule has 0 fully saturated rings. The minimum absolute atomic E-state index is 0.239. The SMILES string of the molecule is CCN(CC)CCNCCN(C)CCS(C)(=O)=O. The Bertz CT molecular complexity index is 290. The van der Waals surface area contributed by atoms with Crippen LogP contribution in [0, 0.1) is 0 Å². The zero-order valence-corrected chi connectivity index (χ0v) is 13.1. The number of rotatable bonds is 11. The Hall–Kier alpha value is -0.170. The van der Waals surface area contributed by atoms with E-state index in [4.69, 9.17) is 0 Å². The van der Waals surface area contributed by atoms with Gasteiger partial charge in [0, 0.05) is 39.0 Å². The van der Waals surface area contributed by atoms with Gasteiger partial charge in [-0.05, 0) is 20.1 Å². The van der Waals surface area contributed by atoms with Crippen molar-refractivity contribution < 1.29 is 8.42 Å². The van der Waals surface area contributed by atoms with Crippen molar-refractivity contribution in [1.82, 2.24) is 15.1 Å². The van der Waals surface area contributed by atoms with Crippen LogP contribution in [0.25, 0.3) is 0 Å². The Labute approximate surface area is 112 Å². The first kappa shape index (κ1) is 17.8. The molecule has 0 spiro atoms. The fourth-order valence-electron chi connectivity index (χ4n) is 1.61. The molecule has 0 saturated heterocycles. The molecule has 0 aromatic carbocycles. The lowest BCUT2D eigenvalue weighted by molar-refractivity contribution is 0.295. The Balaban J connectivity index is 3.48. The number of sulfone groups is 1. The lowest BCUT2D eigenvalue weighted by Crippen LogP contribution is -2.36. The summed E-state index contributed by atoms with van der Waals surface area (Å²) in [6, 6.07) is 0. The number of likely N-dealkylation sites (N-methyl/N-ethyl adjacent to an activating group) is 2. The summed E-state index contributed by atoms with van der Waals surface area (Å²) in [4.78, 5) is 4.42. The van der Waals surface area contributed by atoms with E-state index in [0.717, 1.165) is 39.3 Å². The van der Waals surface area contributed by atoms with Crippen LogP contribution in [0.4, 0.5) is 0 Å². The van der Waals surface area contributed by atoms with Crippen molar-refractivity contribution in [2.45, 2.75) is 13.8 Å². The summed E-state index contributed by atoms with van der Waals surface area (Å²) in [5.74, 6) is 0.239. The van der Waals surface area contributed by atoms with Gasteiger partial charge in [-0.2, -0.15) is 0 Å². The summed E-state index contributed by atoms with van der Waals surface area (Å²) in [5.41, 5.74) is 0. The van der Waals surface area contributed by atoms with Gasteiger partial charge >= 0.3 is 0 Å². The first-order valence-corrected chi connectivity index (χ1v) is 8.74. The van der Waals surface area contributed by atoms with Crippen LogP contribution in [0.2, 0.25) is 0 Å². The average molecular weight is 279 g/mol. The third-order valence-electron chi connectivity index (χ3n) is 3.01. The van der Waals surface area contributed by atoms with E-state index in [2.05, 4.69) is 24.1 Å². The van der Waals surface area contributed by atoms with Crippen molar-refractivity contribution in [3.05, 3.63) is 0 Å². The van der Waals surface area contributed by atoms with Gasteiger partial charge in [0.15, 0.2) is 0 Å². The summed E-state index contributed by atoms with van der Waals surface area (Å²) < 4.78 is 22.0. The van der Waals surface area contributed by atoms with Gasteiger partial charge in [-0.25, -0.2) is 8.42 Å². The average Bonchev–Trinajstić information content (AvgIpc) is 2.30. The molecule has 0 amide bonds. The predicted octanol–water partition coefficient (Wildman–Crippen LogP) is -0.106. The smallest absolute Gasteiger partial charge is 0.148 e. The molecule has 1 N–H and O–H groups in total. The number of hydrogen-bond acceptors (Lipinski definition) is 5. The number of hydrogen-bond donors (Lipinski definition) is 1. The van der Waals surface area contributed by atoms with E-state index in [9.17, 15) is 8.42 Å². The van der Waals surface area contributed by atoms with Crippen molar-refractivity contribution in [2.75, 3.05) is 64.9 Å². The molecule has 0 aromatic rings. The van der Waals surface area contributed by atoms with Crippen LogP contribution in [-0.2, 0) is 9.84 Å². The third-order valence-corrected chi connectivity index (χ3v) is 3.94. The second kappa shape index (κ2) is 9.72. The normalized spacial score (nSPS) is 12.6. The zero-order valence-electron chi connectivity index (χ0n) is 12.3. The predicted molar refractivity (Wildman–Crippen MR) is 77.9 cm³/mol. The van der Waals surface area contributed by atoms with Crippen molar-refractivity contribution in [3.8, 4) is 0 Å². The highest BCUT2D eigenvalue weighted by atomic mass is 32.2.